The second-order valence-electron chi connectivity index (χ2n) is 5.84. The van der Waals surface area contributed by atoms with E-state index in [1.165, 1.54) is 37.9 Å². The van der Waals surface area contributed by atoms with E-state index >= 15 is 0 Å². The molecular formula is C15H24N4. The van der Waals surface area contributed by atoms with E-state index in [1.807, 2.05) is 19.2 Å². The van der Waals surface area contributed by atoms with Gasteiger partial charge in [0.25, 0.3) is 0 Å². The van der Waals surface area contributed by atoms with E-state index in [9.17, 15) is 0 Å². The molecule has 104 valence electrons. The van der Waals surface area contributed by atoms with Gasteiger partial charge in [-0.1, -0.05) is 6.07 Å². The summed E-state index contributed by atoms with van der Waals surface area (Å²) in [5.41, 5.74) is 7.26. The van der Waals surface area contributed by atoms with Crippen LogP contribution in [0.25, 0.3) is 0 Å². The largest absolute Gasteiger partial charge is 0.355 e. The fourth-order valence-corrected chi connectivity index (χ4v) is 3.43. The maximum Gasteiger partial charge on any atom is 0.133 e. The number of pyridine rings is 1. The van der Waals surface area contributed by atoms with Crippen LogP contribution in [0.3, 0.4) is 0 Å². The first kappa shape index (κ1) is 12.9. The maximum absolute atomic E-state index is 6.09. The molecule has 2 saturated heterocycles. The number of fused-ring (bicyclic) bond motifs is 1. The minimum Gasteiger partial charge on any atom is -0.355 e. The van der Waals surface area contributed by atoms with Crippen molar-refractivity contribution in [3.8, 4) is 0 Å². The number of nitrogens with zero attached hydrogens (tertiary/aromatic N) is 3. The van der Waals surface area contributed by atoms with Gasteiger partial charge in [-0.15, -0.1) is 0 Å². The van der Waals surface area contributed by atoms with Gasteiger partial charge < -0.3 is 10.6 Å². The average molecular weight is 260 g/mol. The first-order valence-electron chi connectivity index (χ1n) is 7.45. The molecule has 0 aromatic carbocycles. The highest BCUT2D eigenvalue weighted by atomic mass is 15.3. The first-order valence-corrected chi connectivity index (χ1v) is 7.45. The second-order valence-corrected chi connectivity index (χ2v) is 5.84. The van der Waals surface area contributed by atoms with Crippen LogP contribution in [0.15, 0.2) is 18.3 Å². The minimum atomic E-state index is 0.0478. The third-order valence-electron chi connectivity index (χ3n) is 4.41. The number of hydrogen-bond acceptors (Lipinski definition) is 4. The molecule has 0 radical (unpaired) electrons. The Kier molecular flexibility index (Phi) is 3.71. The summed E-state index contributed by atoms with van der Waals surface area (Å²) in [6.07, 6.45) is 5.79. The summed E-state index contributed by atoms with van der Waals surface area (Å²) < 4.78 is 0. The van der Waals surface area contributed by atoms with Gasteiger partial charge in [-0.3, -0.25) is 4.90 Å². The molecule has 1 unspecified atom stereocenters. The third-order valence-corrected chi connectivity index (χ3v) is 4.41. The minimum absolute atomic E-state index is 0.0478. The number of hydrogen-bond donors (Lipinski definition) is 1. The molecule has 19 heavy (non-hydrogen) atoms. The lowest BCUT2D eigenvalue weighted by atomic mass is 10.1. The molecule has 2 aliphatic rings. The standard InChI is InChI=1S/C15H24N4/c1-12(16)14-6-2-7-17-15(14)19-10-4-9-18-8-3-5-13(18)11-19/h2,6-7,12-13H,3-5,8-11,16H2,1H3/t12-,13?/m0/s1. The van der Waals surface area contributed by atoms with Crippen molar-refractivity contribution in [2.24, 2.45) is 5.73 Å². The molecule has 2 aliphatic heterocycles. The highest BCUT2D eigenvalue weighted by Crippen LogP contribution is 2.27. The molecule has 2 N–H and O–H groups in total. The van der Waals surface area contributed by atoms with Gasteiger partial charge in [-0.25, -0.2) is 4.98 Å². The summed E-state index contributed by atoms with van der Waals surface area (Å²) in [5.74, 6) is 1.10. The molecule has 0 saturated carbocycles. The van der Waals surface area contributed by atoms with Crippen LogP contribution in [-0.4, -0.2) is 42.1 Å². The molecule has 2 atom stereocenters. The molecule has 0 bridgehead atoms. The summed E-state index contributed by atoms with van der Waals surface area (Å²) in [6, 6.07) is 4.86. The van der Waals surface area contributed by atoms with Crippen LogP contribution < -0.4 is 10.6 Å². The number of aromatic nitrogens is 1. The molecule has 2 fully saturated rings. The molecule has 1 aromatic heterocycles. The second kappa shape index (κ2) is 5.47. The Labute approximate surface area is 115 Å². The smallest absolute Gasteiger partial charge is 0.133 e. The highest BCUT2D eigenvalue weighted by molar-refractivity contribution is 5.48. The van der Waals surface area contributed by atoms with E-state index in [4.69, 9.17) is 5.73 Å². The van der Waals surface area contributed by atoms with E-state index in [1.54, 1.807) is 0 Å². The summed E-state index contributed by atoms with van der Waals surface area (Å²) in [5, 5.41) is 0. The van der Waals surface area contributed by atoms with Gasteiger partial charge in [0.1, 0.15) is 5.82 Å². The molecule has 3 heterocycles. The third kappa shape index (κ3) is 2.60. The molecular weight excluding hydrogens is 236 g/mol. The van der Waals surface area contributed by atoms with Crippen LogP contribution in [-0.2, 0) is 0 Å². The number of nitrogens with two attached hydrogens (primary N) is 1. The topological polar surface area (TPSA) is 45.4 Å². The van der Waals surface area contributed by atoms with Gasteiger partial charge in [0.15, 0.2) is 0 Å². The van der Waals surface area contributed by atoms with Crippen molar-refractivity contribution in [1.29, 1.82) is 0 Å². The Morgan fingerprint density at radius 1 is 1.32 bits per heavy atom. The molecule has 0 aliphatic carbocycles. The molecule has 0 amide bonds. The van der Waals surface area contributed by atoms with Crippen LogP contribution in [0.1, 0.15) is 37.8 Å². The van der Waals surface area contributed by atoms with E-state index in [-0.39, 0.29) is 6.04 Å². The SMILES string of the molecule is C[C@H](N)c1cccnc1N1CCCN2CCCC2C1. The summed E-state index contributed by atoms with van der Waals surface area (Å²) >= 11 is 0. The average Bonchev–Trinajstić information content (AvgIpc) is 2.76. The normalized spacial score (nSPS) is 26.0. The van der Waals surface area contributed by atoms with E-state index in [2.05, 4.69) is 20.9 Å². The molecule has 4 nitrogen and oxygen atoms in total. The summed E-state index contributed by atoms with van der Waals surface area (Å²) in [4.78, 5) is 9.71. The van der Waals surface area contributed by atoms with Crippen molar-refractivity contribution < 1.29 is 0 Å². The fourth-order valence-electron chi connectivity index (χ4n) is 3.43. The predicted octanol–water partition coefficient (Wildman–Crippen LogP) is 1.78. The Balaban J connectivity index is 1.85. The Hall–Kier alpha value is -1.13. The highest BCUT2D eigenvalue weighted by Gasteiger charge is 2.29. The van der Waals surface area contributed by atoms with Gasteiger partial charge in [0, 0.05) is 43.5 Å². The lowest BCUT2D eigenvalue weighted by Gasteiger charge is -2.28. The van der Waals surface area contributed by atoms with Gasteiger partial charge in [0.05, 0.1) is 0 Å². The van der Waals surface area contributed by atoms with Crippen molar-refractivity contribution in [1.82, 2.24) is 9.88 Å². The summed E-state index contributed by atoms with van der Waals surface area (Å²) in [6.45, 7) is 6.77. The van der Waals surface area contributed by atoms with Crippen LogP contribution in [0, 0.1) is 0 Å². The van der Waals surface area contributed by atoms with Crippen LogP contribution in [0.5, 0.6) is 0 Å². The zero-order valence-electron chi connectivity index (χ0n) is 11.8. The lowest BCUT2D eigenvalue weighted by Crippen LogP contribution is -2.37. The van der Waals surface area contributed by atoms with Crippen LogP contribution >= 0.6 is 0 Å². The Morgan fingerprint density at radius 2 is 2.16 bits per heavy atom. The Bertz CT molecular complexity index is 432. The van der Waals surface area contributed by atoms with E-state index in [0.29, 0.717) is 6.04 Å². The number of rotatable bonds is 2. The zero-order valence-corrected chi connectivity index (χ0v) is 11.8. The number of anilines is 1. The van der Waals surface area contributed by atoms with Gasteiger partial charge >= 0.3 is 0 Å². The van der Waals surface area contributed by atoms with E-state index < -0.39 is 0 Å². The van der Waals surface area contributed by atoms with Crippen molar-refractivity contribution in [3.05, 3.63) is 23.9 Å². The van der Waals surface area contributed by atoms with Crippen LogP contribution in [0.2, 0.25) is 0 Å². The van der Waals surface area contributed by atoms with Gasteiger partial charge in [0.2, 0.25) is 0 Å². The summed E-state index contributed by atoms with van der Waals surface area (Å²) in [7, 11) is 0. The quantitative estimate of drug-likeness (QED) is 0.880. The molecule has 1 aromatic rings. The van der Waals surface area contributed by atoms with Crippen molar-refractivity contribution in [2.45, 2.75) is 38.3 Å². The van der Waals surface area contributed by atoms with Gasteiger partial charge in [-0.05, 0) is 38.8 Å². The van der Waals surface area contributed by atoms with E-state index in [0.717, 1.165) is 18.9 Å². The van der Waals surface area contributed by atoms with Crippen LogP contribution in [0.4, 0.5) is 5.82 Å². The molecule has 4 heteroatoms. The maximum atomic E-state index is 6.09. The van der Waals surface area contributed by atoms with Crippen molar-refractivity contribution >= 4 is 5.82 Å². The lowest BCUT2D eigenvalue weighted by molar-refractivity contribution is 0.273. The van der Waals surface area contributed by atoms with Crippen molar-refractivity contribution in [3.63, 3.8) is 0 Å². The Morgan fingerprint density at radius 3 is 3.00 bits per heavy atom. The zero-order chi connectivity index (χ0) is 13.2. The fraction of sp³-hybridized carbons (Fsp3) is 0.667. The predicted molar refractivity (Wildman–Crippen MR) is 78.3 cm³/mol. The monoisotopic (exact) mass is 260 g/mol. The van der Waals surface area contributed by atoms with Crippen molar-refractivity contribution in [2.75, 3.05) is 31.1 Å². The molecule has 0 spiro atoms. The first-order chi connectivity index (χ1) is 9.25. The van der Waals surface area contributed by atoms with Gasteiger partial charge in [-0.2, -0.15) is 0 Å². The molecule has 3 rings (SSSR count).